The number of esters is 1. The van der Waals surface area contributed by atoms with Crippen LogP contribution in [0.1, 0.15) is 13.8 Å². The van der Waals surface area contributed by atoms with E-state index in [1.54, 1.807) is 32.0 Å². The first-order valence-electron chi connectivity index (χ1n) is 5.59. The van der Waals surface area contributed by atoms with Gasteiger partial charge in [0.05, 0.1) is 18.9 Å². The van der Waals surface area contributed by atoms with Crippen molar-refractivity contribution in [3.05, 3.63) is 30.1 Å². The number of hydrogen-bond donors (Lipinski definition) is 1. The summed E-state index contributed by atoms with van der Waals surface area (Å²) in [4.78, 5) is 11.9. The Morgan fingerprint density at radius 3 is 2.50 bits per heavy atom. The van der Waals surface area contributed by atoms with E-state index in [9.17, 15) is 9.18 Å². The Kier molecular flexibility index (Phi) is 4.67. The first kappa shape index (κ1) is 14.4. The Balaban J connectivity index is 3.06. The van der Waals surface area contributed by atoms with E-state index < -0.39 is 23.4 Å². The Labute approximate surface area is 106 Å². The van der Waals surface area contributed by atoms with E-state index in [1.165, 1.54) is 20.3 Å². The summed E-state index contributed by atoms with van der Waals surface area (Å²) in [5.41, 5.74) is -0.930. The first-order chi connectivity index (χ1) is 8.45. The van der Waals surface area contributed by atoms with Crippen molar-refractivity contribution in [2.45, 2.75) is 25.5 Å². The molecule has 2 unspecified atom stereocenters. The lowest BCUT2D eigenvalue weighted by atomic mass is 9.95. The summed E-state index contributed by atoms with van der Waals surface area (Å²) in [6, 6.07) is 6.13. The molecular formula is C13H18FNO3. The van der Waals surface area contributed by atoms with Crippen LogP contribution in [0.15, 0.2) is 24.3 Å². The molecule has 1 aromatic carbocycles. The van der Waals surface area contributed by atoms with Crippen molar-refractivity contribution in [1.29, 1.82) is 0 Å². The Hall–Kier alpha value is -1.62. The van der Waals surface area contributed by atoms with Crippen LogP contribution in [0.5, 0.6) is 0 Å². The minimum absolute atomic E-state index is 0.231. The molecule has 0 amide bonds. The fourth-order valence-electron chi connectivity index (χ4n) is 1.61. The van der Waals surface area contributed by atoms with Gasteiger partial charge in [-0.15, -0.1) is 0 Å². The second-order valence-electron chi connectivity index (χ2n) is 4.18. The van der Waals surface area contributed by atoms with E-state index >= 15 is 0 Å². The van der Waals surface area contributed by atoms with Crippen molar-refractivity contribution in [3.63, 3.8) is 0 Å². The molecule has 0 aromatic heterocycles. The SMILES string of the molecule is COC(=O)C(C)(Nc1ccccc1F)C(C)OC. The highest BCUT2D eigenvalue weighted by molar-refractivity contribution is 5.84. The molecule has 0 bridgehead atoms. The summed E-state index contributed by atoms with van der Waals surface area (Å²) < 4.78 is 23.5. The van der Waals surface area contributed by atoms with Gasteiger partial charge in [0.25, 0.3) is 0 Å². The summed E-state index contributed by atoms with van der Waals surface area (Å²) in [5, 5.41) is 2.85. The standard InChI is InChI=1S/C13H18FNO3/c1-9(17-3)13(2,12(16)18-4)15-11-8-6-5-7-10(11)14/h5-9,15H,1-4H3. The van der Waals surface area contributed by atoms with E-state index in [-0.39, 0.29) is 5.69 Å². The summed E-state index contributed by atoms with van der Waals surface area (Å²) in [5.74, 6) is -0.948. The van der Waals surface area contributed by atoms with Gasteiger partial charge in [0.2, 0.25) is 0 Å². The van der Waals surface area contributed by atoms with Crippen molar-refractivity contribution in [1.82, 2.24) is 0 Å². The number of methoxy groups -OCH3 is 2. The zero-order valence-corrected chi connectivity index (χ0v) is 11.0. The molecule has 0 saturated carbocycles. The number of benzene rings is 1. The van der Waals surface area contributed by atoms with E-state index in [1.807, 2.05) is 0 Å². The molecule has 0 heterocycles. The number of nitrogens with one attached hydrogen (secondary N) is 1. The first-order valence-corrected chi connectivity index (χ1v) is 5.59. The topological polar surface area (TPSA) is 47.6 Å². The maximum atomic E-state index is 13.6. The van der Waals surface area contributed by atoms with Gasteiger partial charge in [0, 0.05) is 7.11 Å². The van der Waals surface area contributed by atoms with Crippen LogP contribution in [0.4, 0.5) is 10.1 Å². The van der Waals surface area contributed by atoms with Gasteiger partial charge in [-0.2, -0.15) is 0 Å². The van der Waals surface area contributed by atoms with Gasteiger partial charge >= 0.3 is 5.97 Å². The molecule has 1 rings (SSSR count). The largest absolute Gasteiger partial charge is 0.467 e. The van der Waals surface area contributed by atoms with Crippen LogP contribution in [-0.4, -0.2) is 31.8 Å². The molecule has 0 spiro atoms. The molecule has 1 aromatic rings. The maximum Gasteiger partial charge on any atom is 0.333 e. The third kappa shape index (κ3) is 2.79. The molecule has 4 nitrogen and oxygen atoms in total. The van der Waals surface area contributed by atoms with Gasteiger partial charge in [0.15, 0.2) is 5.54 Å². The van der Waals surface area contributed by atoms with Crippen molar-refractivity contribution >= 4 is 11.7 Å². The van der Waals surface area contributed by atoms with Crippen LogP contribution in [0.3, 0.4) is 0 Å². The highest BCUT2D eigenvalue weighted by Gasteiger charge is 2.41. The highest BCUT2D eigenvalue weighted by atomic mass is 19.1. The Morgan fingerprint density at radius 2 is 2.00 bits per heavy atom. The van der Waals surface area contributed by atoms with E-state index in [0.717, 1.165) is 0 Å². The number of carbonyl (C=O) groups is 1. The molecule has 18 heavy (non-hydrogen) atoms. The Morgan fingerprint density at radius 1 is 1.39 bits per heavy atom. The lowest BCUT2D eigenvalue weighted by Crippen LogP contribution is -2.53. The van der Waals surface area contributed by atoms with E-state index in [4.69, 9.17) is 9.47 Å². The molecule has 0 saturated heterocycles. The Bertz CT molecular complexity index is 424. The van der Waals surface area contributed by atoms with Gasteiger partial charge in [0.1, 0.15) is 5.82 Å². The minimum Gasteiger partial charge on any atom is -0.467 e. The average Bonchev–Trinajstić information content (AvgIpc) is 2.39. The van der Waals surface area contributed by atoms with Crippen LogP contribution in [0.2, 0.25) is 0 Å². The zero-order chi connectivity index (χ0) is 13.8. The van der Waals surface area contributed by atoms with Gasteiger partial charge < -0.3 is 14.8 Å². The lowest BCUT2D eigenvalue weighted by Gasteiger charge is -2.33. The fourth-order valence-corrected chi connectivity index (χ4v) is 1.61. The smallest absolute Gasteiger partial charge is 0.333 e. The molecular weight excluding hydrogens is 237 g/mol. The summed E-state index contributed by atoms with van der Waals surface area (Å²) in [6.07, 6.45) is -0.482. The molecule has 100 valence electrons. The number of halogens is 1. The number of rotatable bonds is 5. The molecule has 0 fully saturated rings. The van der Waals surface area contributed by atoms with Crippen molar-refractivity contribution in [3.8, 4) is 0 Å². The summed E-state index contributed by atoms with van der Waals surface area (Å²) in [7, 11) is 2.76. The number of anilines is 1. The number of carbonyl (C=O) groups excluding carboxylic acids is 1. The average molecular weight is 255 g/mol. The zero-order valence-electron chi connectivity index (χ0n) is 11.0. The van der Waals surface area contributed by atoms with Crippen LogP contribution in [0, 0.1) is 5.82 Å². The highest BCUT2D eigenvalue weighted by Crippen LogP contribution is 2.23. The summed E-state index contributed by atoms with van der Waals surface area (Å²) >= 11 is 0. The van der Waals surface area contributed by atoms with Crippen LogP contribution in [-0.2, 0) is 14.3 Å². The van der Waals surface area contributed by atoms with Crippen molar-refractivity contribution in [2.24, 2.45) is 0 Å². The number of hydrogen-bond acceptors (Lipinski definition) is 4. The summed E-state index contributed by atoms with van der Waals surface area (Å²) in [6.45, 7) is 3.32. The van der Waals surface area contributed by atoms with Gasteiger partial charge in [-0.25, -0.2) is 9.18 Å². The van der Waals surface area contributed by atoms with Gasteiger partial charge in [-0.3, -0.25) is 0 Å². The fraction of sp³-hybridized carbons (Fsp3) is 0.462. The second-order valence-corrected chi connectivity index (χ2v) is 4.18. The quantitative estimate of drug-likeness (QED) is 0.819. The minimum atomic E-state index is -1.16. The third-order valence-electron chi connectivity index (χ3n) is 3.04. The number of para-hydroxylation sites is 1. The second kappa shape index (κ2) is 5.82. The monoisotopic (exact) mass is 255 g/mol. The van der Waals surface area contributed by atoms with Crippen LogP contribution in [0.25, 0.3) is 0 Å². The molecule has 0 aliphatic carbocycles. The molecule has 5 heteroatoms. The van der Waals surface area contributed by atoms with Crippen molar-refractivity contribution in [2.75, 3.05) is 19.5 Å². The van der Waals surface area contributed by atoms with E-state index in [2.05, 4.69) is 5.32 Å². The molecule has 0 radical (unpaired) electrons. The van der Waals surface area contributed by atoms with Gasteiger partial charge in [-0.1, -0.05) is 12.1 Å². The van der Waals surface area contributed by atoms with Gasteiger partial charge in [-0.05, 0) is 26.0 Å². The molecule has 1 N–H and O–H groups in total. The van der Waals surface area contributed by atoms with Crippen LogP contribution >= 0.6 is 0 Å². The molecule has 0 aliphatic heterocycles. The number of ether oxygens (including phenoxy) is 2. The maximum absolute atomic E-state index is 13.6. The lowest BCUT2D eigenvalue weighted by molar-refractivity contribution is -0.149. The predicted molar refractivity (Wildman–Crippen MR) is 66.9 cm³/mol. The molecule has 0 aliphatic rings. The predicted octanol–water partition coefficient (Wildman–Crippen LogP) is 2.20. The van der Waals surface area contributed by atoms with Crippen molar-refractivity contribution < 1.29 is 18.7 Å². The molecule has 2 atom stereocenters. The van der Waals surface area contributed by atoms with E-state index in [0.29, 0.717) is 0 Å². The normalized spacial score (nSPS) is 15.6. The third-order valence-corrected chi connectivity index (χ3v) is 3.04. The van der Waals surface area contributed by atoms with Crippen LogP contribution < -0.4 is 5.32 Å².